The van der Waals surface area contributed by atoms with E-state index in [4.69, 9.17) is 0 Å². The number of carbonyl (C=O) groups excluding carboxylic acids is 2. The van der Waals surface area contributed by atoms with E-state index in [9.17, 15) is 9.59 Å². The number of hydrogen-bond donors (Lipinski definition) is 3. The van der Waals surface area contributed by atoms with Gasteiger partial charge >= 0.3 is 11.8 Å². The van der Waals surface area contributed by atoms with Crippen molar-refractivity contribution in [2.45, 2.75) is 19.8 Å². The van der Waals surface area contributed by atoms with Crippen molar-refractivity contribution in [3.63, 3.8) is 0 Å². The highest BCUT2D eigenvalue weighted by Gasteiger charge is 2.14. The fourth-order valence-electron chi connectivity index (χ4n) is 1.85. The van der Waals surface area contributed by atoms with Crippen LogP contribution in [0, 0.1) is 0 Å². The fourth-order valence-corrected chi connectivity index (χ4v) is 1.85. The van der Waals surface area contributed by atoms with E-state index in [0.717, 1.165) is 24.9 Å². The lowest BCUT2D eigenvalue weighted by Gasteiger charge is -2.10. The Morgan fingerprint density at radius 2 is 1.85 bits per heavy atom. The zero-order valence-electron chi connectivity index (χ0n) is 12.5. The average molecular weight is 278 g/mol. The van der Waals surface area contributed by atoms with E-state index >= 15 is 0 Å². The van der Waals surface area contributed by atoms with Gasteiger partial charge in [-0.2, -0.15) is 0 Å². The van der Waals surface area contributed by atoms with Crippen molar-refractivity contribution in [3.8, 4) is 0 Å². The minimum atomic E-state index is -0.608. The van der Waals surface area contributed by atoms with Crippen LogP contribution in [-0.4, -0.2) is 39.0 Å². The molecule has 0 atom stereocenters. The molecule has 5 nitrogen and oxygen atoms in total. The van der Waals surface area contributed by atoms with E-state index < -0.39 is 11.8 Å². The molecule has 0 radical (unpaired) electrons. The summed E-state index contributed by atoms with van der Waals surface area (Å²) in [6.07, 6.45) is 1.66. The summed E-state index contributed by atoms with van der Waals surface area (Å²) in [5, 5.41) is 5.29. The van der Waals surface area contributed by atoms with Crippen LogP contribution >= 0.6 is 0 Å². The van der Waals surface area contributed by atoms with Gasteiger partial charge in [0, 0.05) is 18.7 Å². The first-order valence-electron chi connectivity index (χ1n) is 7.00. The Labute approximate surface area is 120 Å². The molecule has 0 fully saturated rings. The molecule has 0 aliphatic rings. The van der Waals surface area contributed by atoms with Gasteiger partial charge in [-0.15, -0.1) is 0 Å². The Morgan fingerprint density at radius 3 is 2.50 bits per heavy atom. The van der Waals surface area contributed by atoms with Crippen molar-refractivity contribution in [2.75, 3.05) is 32.5 Å². The molecule has 0 saturated heterocycles. The molecule has 110 valence electrons. The maximum Gasteiger partial charge on any atom is 0.313 e. The number of para-hydroxylation sites is 1. The molecular formula is C15H24N3O2+. The maximum absolute atomic E-state index is 11.8. The van der Waals surface area contributed by atoms with Gasteiger partial charge in [0.15, 0.2) is 0 Å². The van der Waals surface area contributed by atoms with E-state index in [1.54, 1.807) is 6.07 Å². The Hall–Kier alpha value is -1.88. The third-order valence-electron chi connectivity index (χ3n) is 2.99. The number of nitrogens with one attached hydrogen (secondary N) is 3. The summed E-state index contributed by atoms with van der Waals surface area (Å²) < 4.78 is 0. The molecule has 5 heteroatoms. The summed E-state index contributed by atoms with van der Waals surface area (Å²) in [5.41, 5.74) is 1.72. The van der Waals surface area contributed by atoms with Gasteiger partial charge in [0.25, 0.3) is 0 Å². The molecule has 1 rings (SSSR count). The van der Waals surface area contributed by atoms with Crippen molar-refractivity contribution < 1.29 is 14.5 Å². The van der Waals surface area contributed by atoms with Gasteiger partial charge in [-0.1, -0.05) is 25.1 Å². The molecule has 0 aromatic heterocycles. The Balaban J connectivity index is 2.43. The van der Waals surface area contributed by atoms with Crippen LogP contribution < -0.4 is 15.5 Å². The van der Waals surface area contributed by atoms with Gasteiger partial charge in [-0.3, -0.25) is 9.59 Å². The minimum Gasteiger partial charge on any atom is -0.348 e. The second-order valence-corrected chi connectivity index (χ2v) is 5.03. The summed E-state index contributed by atoms with van der Waals surface area (Å²) >= 11 is 0. The summed E-state index contributed by atoms with van der Waals surface area (Å²) in [6, 6.07) is 7.50. The molecule has 3 N–H and O–H groups in total. The number of hydrogen-bond acceptors (Lipinski definition) is 2. The largest absolute Gasteiger partial charge is 0.348 e. The molecule has 0 bridgehead atoms. The van der Waals surface area contributed by atoms with Crippen molar-refractivity contribution in [1.29, 1.82) is 0 Å². The van der Waals surface area contributed by atoms with Crippen LogP contribution in [0.15, 0.2) is 24.3 Å². The Kier molecular flexibility index (Phi) is 6.73. The molecule has 0 saturated carbocycles. The lowest BCUT2D eigenvalue weighted by atomic mass is 10.1. The summed E-state index contributed by atoms with van der Waals surface area (Å²) in [6.45, 7) is 3.49. The number of rotatable bonds is 6. The van der Waals surface area contributed by atoms with E-state index in [2.05, 4.69) is 24.7 Å². The lowest BCUT2D eigenvalue weighted by molar-refractivity contribution is -0.858. The van der Waals surface area contributed by atoms with Crippen molar-refractivity contribution in [3.05, 3.63) is 29.8 Å². The van der Waals surface area contributed by atoms with Crippen LogP contribution in [0.1, 0.15) is 18.9 Å². The molecule has 0 heterocycles. The summed E-state index contributed by atoms with van der Waals surface area (Å²) in [4.78, 5) is 24.8. The van der Waals surface area contributed by atoms with E-state index in [-0.39, 0.29) is 0 Å². The molecular weight excluding hydrogens is 254 g/mol. The standard InChI is InChI=1S/C15H23N3O2/c1-4-12-8-5-6-9-13(12)17-15(20)14(19)16-10-7-11-18(2)3/h5-6,8-9H,4,7,10-11H2,1-3H3,(H,16,19)(H,17,20)/p+1. The predicted molar refractivity (Wildman–Crippen MR) is 79.8 cm³/mol. The van der Waals surface area contributed by atoms with Crippen molar-refractivity contribution in [2.24, 2.45) is 0 Å². The second-order valence-electron chi connectivity index (χ2n) is 5.03. The molecule has 0 spiro atoms. The third kappa shape index (κ3) is 5.40. The van der Waals surface area contributed by atoms with Crippen LogP contribution in [0.25, 0.3) is 0 Å². The molecule has 0 aliphatic heterocycles. The SMILES string of the molecule is CCc1ccccc1NC(=O)C(=O)NCCC[NH+](C)C. The fraction of sp³-hybridized carbons (Fsp3) is 0.467. The number of amides is 2. The number of aryl methyl sites for hydroxylation is 1. The summed E-state index contributed by atoms with van der Waals surface area (Å²) in [5.74, 6) is -1.19. The van der Waals surface area contributed by atoms with Gasteiger partial charge in [0.05, 0.1) is 20.6 Å². The van der Waals surface area contributed by atoms with E-state index in [0.29, 0.717) is 12.2 Å². The monoisotopic (exact) mass is 278 g/mol. The van der Waals surface area contributed by atoms with Gasteiger partial charge in [-0.25, -0.2) is 0 Å². The highest BCUT2D eigenvalue weighted by atomic mass is 16.2. The van der Waals surface area contributed by atoms with Crippen LogP contribution in [-0.2, 0) is 16.0 Å². The average Bonchev–Trinajstić information content (AvgIpc) is 2.43. The highest BCUT2D eigenvalue weighted by molar-refractivity contribution is 6.39. The van der Waals surface area contributed by atoms with Crippen LogP contribution in [0.2, 0.25) is 0 Å². The smallest absolute Gasteiger partial charge is 0.313 e. The molecule has 1 aromatic rings. The van der Waals surface area contributed by atoms with Crippen molar-refractivity contribution in [1.82, 2.24) is 5.32 Å². The van der Waals surface area contributed by atoms with E-state index in [1.807, 2.05) is 25.1 Å². The number of anilines is 1. The quantitative estimate of drug-likeness (QED) is 0.500. The first-order valence-corrected chi connectivity index (χ1v) is 7.00. The highest BCUT2D eigenvalue weighted by Crippen LogP contribution is 2.14. The predicted octanol–water partition coefficient (Wildman–Crippen LogP) is -0.162. The van der Waals surface area contributed by atoms with Gasteiger partial charge in [0.1, 0.15) is 0 Å². The van der Waals surface area contributed by atoms with Crippen LogP contribution in [0.3, 0.4) is 0 Å². The maximum atomic E-state index is 11.8. The topological polar surface area (TPSA) is 62.6 Å². The lowest BCUT2D eigenvalue weighted by Crippen LogP contribution is -3.05. The zero-order chi connectivity index (χ0) is 15.0. The minimum absolute atomic E-state index is 0.521. The van der Waals surface area contributed by atoms with E-state index in [1.165, 1.54) is 4.90 Å². The first kappa shape index (κ1) is 16.2. The van der Waals surface area contributed by atoms with Crippen LogP contribution in [0.5, 0.6) is 0 Å². The Morgan fingerprint density at radius 1 is 1.15 bits per heavy atom. The van der Waals surface area contributed by atoms with Crippen molar-refractivity contribution >= 4 is 17.5 Å². The molecule has 0 unspecified atom stereocenters. The molecule has 0 aliphatic carbocycles. The number of quaternary nitrogens is 1. The normalized spacial score (nSPS) is 10.4. The zero-order valence-corrected chi connectivity index (χ0v) is 12.5. The van der Waals surface area contributed by atoms with Crippen LogP contribution in [0.4, 0.5) is 5.69 Å². The van der Waals surface area contributed by atoms with Gasteiger partial charge in [0.2, 0.25) is 0 Å². The second kappa shape index (κ2) is 8.32. The molecule has 2 amide bonds. The summed E-state index contributed by atoms with van der Waals surface area (Å²) in [7, 11) is 4.10. The number of benzene rings is 1. The Bertz CT molecular complexity index is 458. The third-order valence-corrected chi connectivity index (χ3v) is 2.99. The number of carbonyl (C=O) groups is 2. The van der Waals surface area contributed by atoms with Gasteiger partial charge in [-0.05, 0) is 18.1 Å². The molecule has 20 heavy (non-hydrogen) atoms. The molecule has 1 aromatic carbocycles. The first-order chi connectivity index (χ1) is 9.54. The van der Waals surface area contributed by atoms with Gasteiger partial charge < -0.3 is 15.5 Å².